The maximum absolute atomic E-state index is 11.9. The second kappa shape index (κ2) is 8.17. The lowest BCUT2D eigenvalue weighted by Crippen LogP contribution is -2.01. The van der Waals surface area contributed by atoms with Crippen LogP contribution in [0, 0.1) is 0 Å². The molecule has 0 amide bonds. The number of aliphatic hydroxyl groups excluding tert-OH is 1. The molecule has 0 aromatic heterocycles. The summed E-state index contributed by atoms with van der Waals surface area (Å²) in [4.78, 5) is 11.9. The summed E-state index contributed by atoms with van der Waals surface area (Å²) in [6.07, 6.45) is 2.82. The molecule has 2 aromatic rings. The van der Waals surface area contributed by atoms with E-state index in [0.717, 1.165) is 5.56 Å². The van der Waals surface area contributed by atoms with Crippen LogP contribution in [0.5, 0.6) is 17.2 Å². The Kier molecular flexibility index (Phi) is 5.98. The number of carbonyl (C=O) groups excluding carboxylic acids is 1. The quantitative estimate of drug-likeness (QED) is 0.679. The SMILES string of the molecule is COc1cc(/C=C/C(=O)CCC(O)c2ccc(O)cc2)ccc1O. The fraction of sp³-hybridized carbons (Fsp3) is 0.211. The van der Waals surface area contributed by atoms with E-state index in [0.29, 0.717) is 17.7 Å². The van der Waals surface area contributed by atoms with Gasteiger partial charge in [0.25, 0.3) is 0 Å². The smallest absolute Gasteiger partial charge is 0.161 e. The summed E-state index contributed by atoms with van der Waals surface area (Å²) < 4.78 is 5.01. The van der Waals surface area contributed by atoms with Crippen molar-refractivity contribution in [1.82, 2.24) is 0 Å². The summed E-state index contributed by atoms with van der Waals surface area (Å²) in [5.41, 5.74) is 1.39. The van der Waals surface area contributed by atoms with E-state index in [4.69, 9.17) is 4.74 Å². The van der Waals surface area contributed by atoms with Gasteiger partial charge in [0.2, 0.25) is 0 Å². The van der Waals surface area contributed by atoms with E-state index in [9.17, 15) is 20.1 Å². The molecule has 0 saturated heterocycles. The van der Waals surface area contributed by atoms with E-state index in [1.165, 1.54) is 31.4 Å². The lowest BCUT2D eigenvalue weighted by Gasteiger charge is -2.09. The predicted octanol–water partition coefficient (Wildman–Crippen LogP) is 3.20. The molecule has 0 radical (unpaired) electrons. The van der Waals surface area contributed by atoms with Gasteiger partial charge in [0, 0.05) is 6.42 Å². The van der Waals surface area contributed by atoms with E-state index >= 15 is 0 Å². The van der Waals surface area contributed by atoms with Gasteiger partial charge in [-0.3, -0.25) is 4.79 Å². The van der Waals surface area contributed by atoms with Gasteiger partial charge < -0.3 is 20.1 Å². The van der Waals surface area contributed by atoms with E-state index in [1.807, 2.05) is 0 Å². The molecule has 0 aliphatic carbocycles. The highest BCUT2D eigenvalue weighted by molar-refractivity contribution is 5.93. The van der Waals surface area contributed by atoms with Gasteiger partial charge in [0.1, 0.15) is 5.75 Å². The Bertz CT molecular complexity index is 719. The first-order valence-corrected chi connectivity index (χ1v) is 7.54. The van der Waals surface area contributed by atoms with E-state index in [1.54, 1.807) is 30.3 Å². The Morgan fingerprint density at radius 2 is 1.88 bits per heavy atom. The minimum atomic E-state index is -0.753. The number of phenolic OH excluding ortho intramolecular Hbond substituents is 2. The lowest BCUT2D eigenvalue weighted by atomic mass is 10.0. The van der Waals surface area contributed by atoms with Gasteiger partial charge in [-0.25, -0.2) is 0 Å². The minimum Gasteiger partial charge on any atom is -0.508 e. The van der Waals surface area contributed by atoms with Gasteiger partial charge in [-0.05, 0) is 47.9 Å². The number of phenols is 2. The molecule has 0 aliphatic heterocycles. The molecule has 24 heavy (non-hydrogen) atoms. The van der Waals surface area contributed by atoms with E-state index in [-0.39, 0.29) is 23.7 Å². The number of ketones is 1. The fourth-order valence-corrected chi connectivity index (χ4v) is 2.21. The second-order valence-corrected chi connectivity index (χ2v) is 5.38. The highest BCUT2D eigenvalue weighted by atomic mass is 16.5. The van der Waals surface area contributed by atoms with Gasteiger partial charge in [-0.2, -0.15) is 0 Å². The Morgan fingerprint density at radius 3 is 2.54 bits per heavy atom. The van der Waals surface area contributed by atoms with Crippen LogP contribution in [0.15, 0.2) is 48.5 Å². The minimum absolute atomic E-state index is 0.0398. The van der Waals surface area contributed by atoms with Crippen LogP contribution in [0.4, 0.5) is 0 Å². The number of hydrogen-bond donors (Lipinski definition) is 3. The van der Waals surface area contributed by atoms with Gasteiger partial charge in [0.05, 0.1) is 13.2 Å². The van der Waals surface area contributed by atoms with Crippen molar-refractivity contribution >= 4 is 11.9 Å². The molecular formula is C19H20O5. The highest BCUT2D eigenvalue weighted by Crippen LogP contribution is 2.27. The lowest BCUT2D eigenvalue weighted by molar-refractivity contribution is -0.115. The monoisotopic (exact) mass is 328 g/mol. The number of ether oxygens (including phenoxy) is 1. The van der Waals surface area contributed by atoms with Gasteiger partial charge in [0.15, 0.2) is 17.3 Å². The largest absolute Gasteiger partial charge is 0.508 e. The summed E-state index contributed by atoms with van der Waals surface area (Å²) in [6.45, 7) is 0. The summed E-state index contributed by atoms with van der Waals surface area (Å²) in [5, 5.41) is 28.8. The molecule has 0 spiro atoms. The molecule has 0 heterocycles. The van der Waals surface area contributed by atoms with Crippen molar-refractivity contribution in [2.24, 2.45) is 0 Å². The first kappa shape index (κ1) is 17.6. The first-order valence-electron chi connectivity index (χ1n) is 7.54. The zero-order chi connectivity index (χ0) is 17.5. The van der Waals surface area contributed by atoms with Crippen molar-refractivity contribution in [3.8, 4) is 17.2 Å². The topological polar surface area (TPSA) is 87.0 Å². The fourth-order valence-electron chi connectivity index (χ4n) is 2.21. The molecule has 5 nitrogen and oxygen atoms in total. The molecular weight excluding hydrogens is 308 g/mol. The van der Waals surface area contributed by atoms with Crippen LogP contribution in [0.1, 0.15) is 30.1 Å². The molecule has 3 N–H and O–H groups in total. The number of carbonyl (C=O) groups is 1. The zero-order valence-corrected chi connectivity index (χ0v) is 13.3. The number of aliphatic hydroxyl groups is 1. The van der Waals surface area contributed by atoms with Crippen LogP contribution < -0.4 is 4.74 Å². The number of rotatable bonds is 7. The molecule has 1 unspecified atom stereocenters. The Labute approximate surface area is 140 Å². The number of aromatic hydroxyl groups is 2. The first-order chi connectivity index (χ1) is 11.5. The molecule has 126 valence electrons. The van der Waals surface area contributed by atoms with Crippen molar-refractivity contribution in [3.05, 3.63) is 59.7 Å². The third kappa shape index (κ3) is 4.86. The van der Waals surface area contributed by atoms with Crippen molar-refractivity contribution in [2.45, 2.75) is 18.9 Å². The third-order valence-corrected chi connectivity index (χ3v) is 3.61. The Morgan fingerprint density at radius 1 is 1.17 bits per heavy atom. The number of benzene rings is 2. The molecule has 0 fully saturated rings. The average Bonchev–Trinajstić information content (AvgIpc) is 2.59. The Balaban J connectivity index is 1.89. The van der Waals surface area contributed by atoms with Crippen LogP contribution in [0.2, 0.25) is 0 Å². The number of hydrogen-bond acceptors (Lipinski definition) is 5. The summed E-state index contributed by atoms with van der Waals surface area (Å²) in [6, 6.07) is 11.1. The van der Waals surface area contributed by atoms with E-state index in [2.05, 4.69) is 0 Å². The van der Waals surface area contributed by atoms with Crippen LogP contribution in [-0.4, -0.2) is 28.2 Å². The van der Waals surface area contributed by atoms with Crippen molar-refractivity contribution < 1.29 is 24.9 Å². The summed E-state index contributed by atoms with van der Waals surface area (Å²) in [7, 11) is 1.46. The van der Waals surface area contributed by atoms with Crippen LogP contribution in [-0.2, 0) is 4.79 Å². The zero-order valence-electron chi connectivity index (χ0n) is 13.3. The normalized spacial score (nSPS) is 12.2. The molecule has 1 atom stereocenters. The Hall–Kier alpha value is -2.79. The molecule has 5 heteroatoms. The molecule has 2 rings (SSSR count). The van der Waals surface area contributed by atoms with Crippen molar-refractivity contribution in [2.75, 3.05) is 7.11 Å². The summed E-state index contributed by atoms with van der Waals surface area (Å²) in [5.74, 6) is 0.402. The molecule has 0 bridgehead atoms. The second-order valence-electron chi connectivity index (χ2n) is 5.38. The summed E-state index contributed by atoms with van der Waals surface area (Å²) >= 11 is 0. The van der Waals surface area contributed by atoms with Crippen molar-refractivity contribution in [1.29, 1.82) is 0 Å². The van der Waals surface area contributed by atoms with E-state index < -0.39 is 6.10 Å². The number of methoxy groups -OCH3 is 1. The maximum Gasteiger partial charge on any atom is 0.161 e. The molecule has 0 aliphatic rings. The molecule has 0 saturated carbocycles. The molecule has 2 aromatic carbocycles. The van der Waals surface area contributed by atoms with Crippen molar-refractivity contribution in [3.63, 3.8) is 0 Å². The van der Waals surface area contributed by atoms with Gasteiger partial charge in [-0.15, -0.1) is 0 Å². The van der Waals surface area contributed by atoms with Gasteiger partial charge in [-0.1, -0.05) is 24.3 Å². The number of allylic oxidation sites excluding steroid dienone is 1. The third-order valence-electron chi connectivity index (χ3n) is 3.61. The average molecular weight is 328 g/mol. The van der Waals surface area contributed by atoms with Crippen LogP contribution in [0.3, 0.4) is 0 Å². The van der Waals surface area contributed by atoms with Crippen LogP contribution in [0.25, 0.3) is 6.08 Å². The standard InChI is InChI=1S/C19H20O5/c1-24-19-12-13(3-10-18(19)23)2-6-15(20)9-11-17(22)14-4-7-16(21)8-5-14/h2-8,10,12,17,21-23H,9,11H2,1H3/b6-2+. The maximum atomic E-state index is 11.9. The van der Waals surface area contributed by atoms with Crippen LogP contribution >= 0.6 is 0 Å². The predicted molar refractivity (Wildman–Crippen MR) is 91.0 cm³/mol. The highest BCUT2D eigenvalue weighted by Gasteiger charge is 2.09. The van der Waals surface area contributed by atoms with Gasteiger partial charge >= 0.3 is 0 Å².